The van der Waals surface area contributed by atoms with Crippen LogP contribution in [-0.2, 0) is 12.8 Å². The zero-order valence-corrected chi connectivity index (χ0v) is 12.9. The molecule has 1 aliphatic rings. The van der Waals surface area contributed by atoms with Crippen LogP contribution in [0.5, 0.6) is 0 Å². The Morgan fingerprint density at radius 2 is 1.33 bits per heavy atom. The van der Waals surface area contributed by atoms with Crippen molar-refractivity contribution in [1.82, 2.24) is 0 Å². The lowest BCUT2D eigenvalue weighted by Crippen LogP contribution is -2.00. The third-order valence-electron chi connectivity index (χ3n) is 4.55. The first kappa shape index (κ1) is 14.3. The zero-order valence-electron chi connectivity index (χ0n) is 12.9. The molecule has 21 heavy (non-hydrogen) atoms. The van der Waals surface area contributed by atoms with Gasteiger partial charge in [0.1, 0.15) is 0 Å². The van der Waals surface area contributed by atoms with Crippen molar-refractivity contribution < 1.29 is 0 Å². The number of aryl methyl sites for hydroxylation is 3. The molecule has 2 unspecified atom stereocenters. The van der Waals surface area contributed by atoms with Gasteiger partial charge in [-0.3, -0.25) is 0 Å². The highest BCUT2D eigenvalue weighted by molar-refractivity contribution is 5.30. The molecule has 2 atom stereocenters. The van der Waals surface area contributed by atoms with Gasteiger partial charge in [-0.2, -0.15) is 0 Å². The fourth-order valence-corrected chi connectivity index (χ4v) is 2.94. The standard InChI is InChI=1S/C20H25N/c1-15-6-8-16(9-7-15)4-2-3-5-17-10-12-18(13-11-17)19-14-20(19)21/h6-13,19-20H,2-5,14,21H2,1H3. The molecular weight excluding hydrogens is 254 g/mol. The molecule has 3 rings (SSSR count). The molecule has 0 radical (unpaired) electrons. The molecule has 2 aromatic carbocycles. The van der Waals surface area contributed by atoms with Crippen LogP contribution in [0.15, 0.2) is 48.5 Å². The monoisotopic (exact) mass is 279 g/mol. The first-order chi connectivity index (χ1) is 10.2. The lowest BCUT2D eigenvalue weighted by molar-refractivity contribution is 0.734. The van der Waals surface area contributed by atoms with E-state index in [9.17, 15) is 0 Å². The first-order valence-corrected chi connectivity index (χ1v) is 8.12. The largest absolute Gasteiger partial charge is 0.327 e. The Kier molecular flexibility index (Phi) is 4.40. The number of unbranched alkanes of at least 4 members (excludes halogenated alkanes) is 1. The van der Waals surface area contributed by atoms with Crippen molar-refractivity contribution in [1.29, 1.82) is 0 Å². The maximum absolute atomic E-state index is 5.90. The molecular formula is C20H25N. The normalized spacial score (nSPS) is 20.5. The second-order valence-corrected chi connectivity index (χ2v) is 6.44. The first-order valence-electron chi connectivity index (χ1n) is 8.12. The molecule has 0 saturated heterocycles. The van der Waals surface area contributed by atoms with E-state index < -0.39 is 0 Å². The van der Waals surface area contributed by atoms with Crippen molar-refractivity contribution >= 4 is 0 Å². The second kappa shape index (κ2) is 6.44. The van der Waals surface area contributed by atoms with Crippen LogP contribution in [0, 0.1) is 6.92 Å². The fourth-order valence-electron chi connectivity index (χ4n) is 2.94. The average Bonchev–Trinajstić information content (AvgIpc) is 3.23. The minimum atomic E-state index is 0.408. The molecule has 2 N–H and O–H groups in total. The van der Waals surface area contributed by atoms with Crippen molar-refractivity contribution in [3.05, 3.63) is 70.8 Å². The summed E-state index contributed by atoms with van der Waals surface area (Å²) in [4.78, 5) is 0. The molecule has 1 aliphatic carbocycles. The Labute approximate surface area is 128 Å². The topological polar surface area (TPSA) is 26.0 Å². The van der Waals surface area contributed by atoms with Gasteiger partial charge < -0.3 is 5.73 Å². The molecule has 1 saturated carbocycles. The number of nitrogens with two attached hydrogens (primary N) is 1. The summed E-state index contributed by atoms with van der Waals surface area (Å²) in [5.74, 6) is 0.626. The van der Waals surface area contributed by atoms with Crippen LogP contribution in [0.1, 0.15) is 47.4 Å². The van der Waals surface area contributed by atoms with Crippen molar-refractivity contribution in [2.24, 2.45) is 5.73 Å². The molecule has 1 heteroatoms. The van der Waals surface area contributed by atoms with Crippen LogP contribution in [0.4, 0.5) is 0 Å². The van der Waals surface area contributed by atoms with E-state index in [0.717, 1.165) is 6.42 Å². The molecule has 110 valence electrons. The number of rotatable bonds is 6. The van der Waals surface area contributed by atoms with Crippen molar-refractivity contribution in [2.45, 2.75) is 51.0 Å². The van der Waals surface area contributed by atoms with Crippen LogP contribution in [-0.4, -0.2) is 6.04 Å². The fraction of sp³-hybridized carbons (Fsp3) is 0.400. The third kappa shape index (κ3) is 3.95. The van der Waals surface area contributed by atoms with E-state index in [1.165, 1.54) is 47.9 Å². The Bertz CT molecular complexity index is 568. The van der Waals surface area contributed by atoms with Gasteiger partial charge in [0.05, 0.1) is 0 Å². The van der Waals surface area contributed by atoms with Gasteiger partial charge in [0.25, 0.3) is 0 Å². The summed E-state index contributed by atoms with van der Waals surface area (Å²) in [6.45, 7) is 2.14. The number of hydrogen-bond donors (Lipinski definition) is 1. The molecule has 0 aromatic heterocycles. The van der Waals surface area contributed by atoms with Gasteiger partial charge in [-0.25, -0.2) is 0 Å². The molecule has 0 heterocycles. The van der Waals surface area contributed by atoms with Gasteiger partial charge in [0.2, 0.25) is 0 Å². The van der Waals surface area contributed by atoms with E-state index in [1.807, 2.05) is 0 Å². The average molecular weight is 279 g/mol. The highest BCUT2D eigenvalue weighted by Crippen LogP contribution is 2.38. The number of hydrogen-bond acceptors (Lipinski definition) is 1. The molecule has 0 aliphatic heterocycles. The summed E-state index contributed by atoms with van der Waals surface area (Å²) in [6.07, 6.45) is 6.06. The summed E-state index contributed by atoms with van der Waals surface area (Å²) < 4.78 is 0. The van der Waals surface area contributed by atoms with Crippen LogP contribution >= 0.6 is 0 Å². The SMILES string of the molecule is Cc1ccc(CCCCc2ccc(C3CC3N)cc2)cc1. The summed E-state index contributed by atoms with van der Waals surface area (Å²) in [5.41, 5.74) is 11.6. The Hall–Kier alpha value is -1.60. The van der Waals surface area contributed by atoms with E-state index in [-0.39, 0.29) is 0 Å². The maximum Gasteiger partial charge on any atom is 0.0115 e. The lowest BCUT2D eigenvalue weighted by Gasteiger charge is -2.05. The number of benzene rings is 2. The van der Waals surface area contributed by atoms with Gasteiger partial charge in [-0.1, -0.05) is 54.1 Å². The van der Waals surface area contributed by atoms with Crippen LogP contribution in [0.2, 0.25) is 0 Å². The van der Waals surface area contributed by atoms with Gasteiger partial charge in [0.15, 0.2) is 0 Å². The van der Waals surface area contributed by atoms with E-state index in [4.69, 9.17) is 5.73 Å². The van der Waals surface area contributed by atoms with Gasteiger partial charge in [-0.15, -0.1) is 0 Å². The van der Waals surface area contributed by atoms with Crippen molar-refractivity contribution in [2.75, 3.05) is 0 Å². The quantitative estimate of drug-likeness (QED) is 0.780. The predicted molar refractivity (Wildman–Crippen MR) is 89.6 cm³/mol. The summed E-state index contributed by atoms with van der Waals surface area (Å²) >= 11 is 0. The minimum absolute atomic E-state index is 0.408. The molecule has 1 fully saturated rings. The predicted octanol–water partition coefficient (Wildman–Crippen LogP) is 4.38. The van der Waals surface area contributed by atoms with E-state index >= 15 is 0 Å². The zero-order chi connectivity index (χ0) is 14.7. The smallest absolute Gasteiger partial charge is 0.0115 e. The third-order valence-corrected chi connectivity index (χ3v) is 4.55. The maximum atomic E-state index is 5.90. The van der Waals surface area contributed by atoms with Crippen molar-refractivity contribution in [3.63, 3.8) is 0 Å². The molecule has 1 nitrogen and oxygen atoms in total. The Morgan fingerprint density at radius 3 is 1.81 bits per heavy atom. The lowest BCUT2D eigenvalue weighted by atomic mass is 10.0. The Morgan fingerprint density at radius 1 is 0.857 bits per heavy atom. The van der Waals surface area contributed by atoms with Crippen LogP contribution < -0.4 is 5.73 Å². The Balaban J connectivity index is 1.42. The van der Waals surface area contributed by atoms with E-state index in [2.05, 4.69) is 55.5 Å². The highest BCUT2D eigenvalue weighted by atomic mass is 14.7. The van der Waals surface area contributed by atoms with Crippen molar-refractivity contribution in [3.8, 4) is 0 Å². The molecule has 0 bridgehead atoms. The van der Waals surface area contributed by atoms with Gasteiger partial charge in [0, 0.05) is 12.0 Å². The molecule has 0 spiro atoms. The summed E-state index contributed by atoms with van der Waals surface area (Å²) in [5, 5.41) is 0. The van der Waals surface area contributed by atoms with E-state index in [1.54, 1.807) is 0 Å². The summed E-state index contributed by atoms with van der Waals surface area (Å²) in [7, 11) is 0. The van der Waals surface area contributed by atoms with Gasteiger partial charge in [-0.05, 0) is 55.7 Å². The van der Waals surface area contributed by atoms with Crippen LogP contribution in [0.3, 0.4) is 0 Å². The van der Waals surface area contributed by atoms with Gasteiger partial charge >= 0.3 is 0 Å². The molecule has 2 aromatic rings. The van der Waals surface area contributed by atoms with Crippen LogP contribution in [0.25, 0.3) is 0 Å². The van der Waals surface area contributed by atoms with E-state index in [0.29, 0.717) is 12.0 Å². The minimum Gasteiger partial charge on any atom is -0.327 e. The second-order valence-electron chi connectivity index (χ2n) is 6.44. The summed E-state index contributed by atoms with van der Waals surface area (Å²) in [6, 6.07) is 18.4. The molecule has 0 amide bonds. The highest BCUT2D eigenvalue weighted by Gasteiger charge is 2.34.